The molecule has 101 heavy (non-hydrogen) atoms. The van der Waals surface area contributed by atoms with Crippen molar-refractivity contribution in [3.8, 4) is 0 Å². The van der Waals surface area contributed by atoms with Gasteiger partial charge in [0.2, 0.25) is 5.91 Å². The summed E-state index contributed by atoms with van der Waals surface area (Å²) in [7, 11) is 0. The number of nitrogens with one attached hydrogen (secondary N) is 1. The van der Waals surface area contributed by atoms with E-state index in [4.69, 9.17) is 28.4 Å². The standard InChI is InChI=1S/C82H135NO18/c1-3-5-7-9-11-13-15-17-19-21-23-25-27-28-29-30-31-32-33-34-35-36-38-40-42-44-46-48-50-52-54-56-58-60-70(88)83-65(66(87)59-57-55-53-51-49-47-45-43-41-39-37-26-24-22-20-18-16-14-12-10-8-6-4-2)64-96-80-76(94)73(91)78(68(62-85)98-80)101-82-77(95)74(92)79(69(63-86)99-82)100-81-75(93)72(90)71(89)67(61-84)97-81/h5,7,11,13,17,19,23,25,28-29,31-32,34-35,38,40,44,46,49-52,57,59,65-69,71-82,84-87,89-95H,3-4,6,8-10,12,14-16,18,20-22,24,26-27,30,33,36-37,39,41-43,45,47-48,53-56,58,60-64H2,1-2H3,(H,83,88)/b7-5-,13-11-,19-17-,25-23-,29-28-,32-31-,35-34-,40-38-,46-44-,51-49+,52-50-,59-57+. The number of hydrogen-bond donors (Lipinski definition) is 12. The van der Waals surface area contributed by atoms with Gasteiger partial charge in [0.05, 0.1) is 38.6 Å². The zero-order valence-corrected chi connectivity index (χ0v) is 61.3. The molecule has 0 bridgehead atoms. The summed E-state index contributed by atoms with van der Waals surface area (Å²) in [5, 5.41) is 121. The second-order valence-corrected chi connectivity index (χ2v) is 26.7. The Kier molecular flexibility index (Phi) is 54.8. The molecule has 3 aliphatic heterocycles. The lowest BCUT2D eigenvalue weighted by Gasteiger charge is -2.48. The van der Waals surface area contributed by atoms with Gasteiger partial charge in [-0.2, -0.15) is 0 Å². The Labute approximate surface area is 606 Å². The molecule has 0 radical (unpaired) electrons. The molecule has 3 saturated heterocycles. The zero-order valence-electron chi connectivity index (χ0n) is 61.3. The molecule has 17 unspecified atom stereocenters. The highest BCUT2D eigenvalue weighted by Crippen LogP contribution is 2.33. The number of carbonyl (C=O) groups is 1. The van der Waals surface area contributed by atoms with Crippen molar-refractivity contribution in [2.24, 2.45) is 0 Å². The average molecular weight is 1420 g/mol. The fourth-order valence-corrected chi connectivity index (χ4v) is 11.9. The van der Waals surface area contributed by atoms with E-state index in [1.807, 2.05) is 6.08 Å². The second-order valence-electron chi connectivity index (χ2n) is 26.7. The van der Waals surface area contributed by atoms with Crippen LogP contribution in [-0.4, -0.2) is 193 Å². The normalized spacial score (nSPS) is 27.2. The molecule has 0 aromatic rings. The third kappa shape index (κ3) is 41.2. The van der Waals surface area contributed by atoms with Gasteiger partial charge in [0.1, 0.15) is 73.2 Å². The molecule has 12 N–H and O–H groups in total. The highest BCUT2D eigenvalue weighted by molar-refractivity contribution is 5.76. The SMILES string of the molecule is CC/C=C\C/C=C\C/C=C\C/C=C\C/C=C\C/C=C\C/C=C\C/C=C\C/C=C\C/C=C\CCCCC(=O)NC(COC1OC(CO)C(OC2OC(CO)C(OC3OC(CO)C(O)C(O)C3O)C(O)C2O)C(O)C1O)C(O)/C=C/CC/C=C/CCCCCCCCCCCCCCCCCCC. The molecule has 0 aromatic heterocycles. The molecular weight excluding hydrogens is 1290 g/mol. The summed E-state index contributed by atoms with van der Waals surface area (Å²) >= 11 is 0. The van der Waals surface area contributed by atoms with Crippen molar-refractivity contribution in [2.75, 3.05) is 26.4 Å². The monoisotopic (exact) mass is 1420 g/mol. The van der Waals surface area contributed by atoms with E-state index in [-0.39, 0.29) is 12.3 Å². The third-order valence-corrected chi connectivity index (χ3v) is 18.1. The predicted molar refractivity (Wildman–Crippen MR) is 401 cm³/mol. The van der Waals surface area contributed by atoms with Crippen LogP contribution >= 0.6 is 0 Å². The molecule has 1 amide bonds. The number of ether oxygens (including phenoxy) is 6. The van der Waals surface area contributed by atoms with Gasteiger partial charge in [-0.1, -0.05) is 262 Å². The molecule has 576 valence electrons. The van der Waals surface area contributed by atoms with Crippen LogP contribution in [0.25, 0.3) is 0 Å². The average Bonchev–Trinajstić information content (AvgIpc) is 0.783. The lowest BCUT2D eigenvalue weighted by molar-refractivity contribution is -0.379. The van der Waals surface area contributed by atoms with Gasteiger partial charge in [0.25, 0.3) is 0 Å². The number of aliphatic hydroxyl groups excluding tert-OH is 11. The van der Waals surface area contributed by atoms with Gasteiger partial charge in [-0.15, -0.1) is 0 Å². The van der Waals surface area contributed by atoms with Gasteiger partial charge in [0.15, 0.2) is 18.9 Å². The molecule has 0 saturated carbocycles. The van der Waals surface area contributed by atoms with E-state index in [1.54, 1.807) is 6.08 Å². The first-order valence-electron chi connectivity index (χ1n) is 38.6. The van der Waals surface area contributed by atoms with E-state index >= 15 is 0 Å². The molecule has 19 nitrogen and oxygen atoms in total. The van der Waals surface area contributed by atoms with Crippen molar-refractivity contribution in [2.45, 2.75) is 336 Å². The minimum Gasteiger partial charge on any atom is -0.394 e. The maximum absolute atomic E-state index is 13.4. The van der Waals surface area contributed by atoms with Crippen LogP contribution in [0.2, 0.25) is 0 Å². The third-order valence-electron chi connectivity index (χ3n) is 18.1. The smallest absolute Gasteiger partial charge is 0.220 e. The van der Waals surface area contributed by atoms with E-state index in [2.05, 4.69) is 153 Å². The van der Waals surface area contributed by atoms with Gasteiger partial charge >= 0.3 is 0 Å². The first-order valence-corrected chi connectivity index (χ1v) is 38.6. The van der Waals surface area contributed by atoms with Crippen LogP contribution in [0.4, 0.5) is 0 Å². The summed E-state index contributed by atoms with van der Waals surface area (Å²) in [5.74, 6) is -0.333. The van der Waals surface area contributed by atoms with Crippen molar-refractivity contribution < 1.29 is 89.4 Å². The minimum atomic E-state index is -1.99. The van der Waals surface area contributed by atoms with Gasteiger partial charge in [-0.3, -0.25) is 4.79 Å². The van der Waals surface area contributed by atoms with E-state index < -0.39 is 131 Å². The Morgan fingerprint density at radius 3 is 1.11 bits per heavy atom. The minimum absolute atomic E-state index is 0.170. The summed E-state index contributed by atoms with van der Waals surface area (Å²) in [5.41, 5.74) is 0. The predicted octanol–water partition coefficient (Wildman–Crippen LogP) is 12.3. The van der Waals surface area contributed by atoms with Gasteiger partial charge in [0, 0.05) is 6.42 Å². The summed E-state index contributed by atoms with van der Waals surface area (Å²) in [6.07, 6.45) is 61.1. The first kappa shape index (κ1) is 90.9. The summed E-state index contributed by atoms with van der Waals surface area (Å²) in [6.45, 7) is 1.57. The number of hydrogen-bond acceptors (Lipinski definition) is 18. The lowest BCUT2D eigenvalue weighted by atomic mass is 9.96. The molecule has 0 aromatic carbocycles. The molecule has 0 aliphatic carbocycles. The summed E-state index contributed by atoms with van der Waals surface area (Å²) in [6, 6.07) is -1.03. The lowest BCUT2D eigenvalue weighted by Crippen LogP contribution is -2.66. The maximum atomic E-state index is 13.4. The fourth-order valence-electron chi connectivity index (χ4n) is 11.9. The van der Waals surface area contributed by atoms with Crippen LogP contribution in [-0.2, 0) is 33.2 Å². The highest BCUT2D eigenvalue weighted by atomic mass is 16.8. The van der Waals surface area contributed by atoms with E-state index in [9.17, 15) is 61.0 Å². The van der Waals surface area contributed by atoms with Gasteiger partial charge in [-0.25, -0.2) is 0 Å². The van der Waals surface area contributed by atoms with Crippen LogP contribution in [0.1, 0.15) is 232 Å². The molecule has 0 spiro atoms. The molecular formula is C82H135NO18. The Balaban J connectivity index is 1.43. The van der Waals surface area contributed by atoms with Gasteiger partial charge in [-0.05, 0) is 109 Å². The van der Waals surface area contributed by atoms with Crippen molar-refractivity contribution in [3.05, 3.63) is 146 Å². The fraction of sp³-hybridized carbons (Fsp3) is 0.695. The Hall–Kier alpha value is -4.33. The van der Waals surface area contributed by atoms with E-state index in [1.165, 1.54) is 103 Å². The molecule has 3 fully saturated rings. The number of aliphatic hydroxyl groups is 11. The summed E-state index contributed by atoms with van der Waals surface area (Å²) < 4.78 is 34.4. The number of unbranched alkanes of at least 4 members (excludes halogenated alkanes) is 20. The van der Waals surface area contributed by atoms with E-state index in [0.717, 1.165) is 96.3 Å². The van der Waals surface area contributed by atoms with Crippen LogP contribution in [0.5, 0.6) is 0 Å². The Morgan fingerprint density at radius 1 is 0.366 bits per heavy atom. The van der Waals surface area contributed by atoms with E-state index in [0.29, 0.717) is 12.8 Å². The number of amides is 1. The molecule has 3 rings (SSSR count). The highest BCUT2D eigenvalue weighted by Gasteiger charge is 2.53. The van der Waals surface area contributed by atoms with Crippen LogP contribution < -0.4 is 5.32 Å². The molecule has 3 heterocycles. The number of carbonyl (C=O) groups excluding carboxylic acids is 1. The first-order chi connectivity index (χ1) is 49.3. The van der Waals surface area contributed by atoms with Crippen molar-refractivity contribution in [3.63, 3.8) is 0 Å². The maximum Gasteiger partial charge on any atom is 0.220 e. The van der Waals surface area contributed by atoms with Crippen LogP contribution in [0.15, 0.2) is 146 Å². The Morgan fingerprint density at radius 2 is 0.693 bits per heavy atom. The van der Waals surface area contributed by atoms with Crippen molar-refractivity contribution in [1.82, 2.24) is 5.32 Å². The Bertz CT molecular complexity index is 2400. The molecule has 3 aliphatic rings. The number of allylic oxidation sites excluding steroid dienone is 23. The quantitative estimate of drug-likeness (QED) is 0.0199. The van der Waals surface area contributed by atoms with Crippen LogP contribution in [0, 0.1) is 0 Å². The second kappa shape index (κ2) is 60.9. The molecule has 17 atom stereocenters. The van der Waals surface area contributed by atoms with Crippen molar-refractivity contribution >= 4 is 5.91 Å². The molecule has 19 heteroatoms. The topological polar surface area (TPSA) is 307 Å². The van der Waals surface area contributed by atoms with Crippen molar-refractivity contribution in [1.29, 1.82) is 0 Å². The van der Waals surface area contributed by atoms with Crippen LogP contribution in [0.3, 0.4) is 0 Å². The zero-order chi connectivity index (χ0) is 73.2. The summed E-state index contributed by atoms with van der Waals surface area (Å²) in [4.78, 5) is 13.4. The number of rotatable bonds is 58. The largest absolute Gasteiger partial charge is 0.394 e. The van der Waals surface area contributed by atoms with Gasteiger partial charge < -0.3 is 89.9 Å².